The summed E-state index contributed by atoms with van der Waals surface area (Å²) < 4.78 is 0. The molecular formula is C2H2NO4Zn+. The van der Waals surface area contributed by atoms with E-state index in [1.54, 1.807) is 0 Å². The molecule has 0 aromatic heterocycles. The van der Waals surface area contributed by atoms with E-state index in [4.69, 9.17) is 0 Å². The van der Waals surface area contributed by atoms with E-state index in [0.29, 0.717) is 0 Å². The molecule has 0 saturated heterocycles. The van der Waals surface area contributed by atoms with E-state index in [-0.39, 0.29) is 19.5 Å². The molecule has 0 rings (SSSR count). The molecule has 0 aliphatic heterocycles. The largest absolute Gasteiger partial charge is 2.00 e. The Kier molecular flexibility index (Phi) is 6.13. The van der Waals surface area contributed by atoms with Crippen LogP contribution in [0.1, 0.15) is 0 Å². The number of carbonyl (C=O) groups excluding carboxylic acids is 2. The first-order chi connectivity index (χ1) is 3.18. The summed E-state index contributed by atoms with van der Waals surface area (Å²) in [4.78, 5) is 22.0. The maximum Gasteiger partial charge on any atom is 2.00 e. The van der Waals surface area contributed by atoms with Gasteiger partial charge in [-0.05, 0) is 0 Å². The van der Waals surface area contributed by atoms with Crippen molar-refractivity contribution in [1.29, 1.82) is 0 Å². The molecule has 0 aromatic carbocycles. The first kappa shape index (κ1) is 10.5. The second-order valence-electron chi connectivity index (χ2n) is 0.693. The number of hydrogen-bond donors (Lipinski definition) is 1. The number of carbonyl (C=O) groups is 2. The van der Waals surface area contributed by atoms with Crippen molar-refractivity contribution < 1.29 is 39.0 Å². The van der Waals surface area contributed by atoms with Gasteiger partial charge in [-0.1, -0.05) is 0 Å². The molecule has 0 fully saturated rings. The number of aliphatic carboxylic acids is 1. The third-order valence-corrected chi connectivity index (χ3v) is 0.274. The van der Waals surface area contributed by atoms with Gasteiger partial charge in [0.25, 0.3) is 0 Å². The van der Waals surface area contributed by atoms with Gasteiger partial charge in [0.2, 0.25) is 0 Å². The van der Waals surface area contributed by atoms with Crippen LogP contribution in [-0.4, -0.2) is 11.9 Å². The van der Waals surface area contributed by atoms with Gasteiger partial charge < -0.3 is 14.7 Å². The van der Waals surface area contributed by atoms with Crippen LogP contribution in [0.2, 0.25) is 0 Å². The van der Waals surface area contributed by atoms with E-state index in [1.165, 1.54) is 0 Å². The Morgan fingerprint density at radius 1 is 1.50 bits per heavy atom. The fourth-order valence-corrected chi connectivity index (χ4v) is 0.0481. The van der Waals surface area contributed by atoms with E-state index >= 15 is 0 Å². The number of hydrogen-bond acceptors (Lipinski definition) is 5. The zero-order valence-corrected chi connectivity index (χ0v) is 6.88. The van der Waals surface area contributed by atoms with Crippen LogP contribution in [0.15, 0.2) is 0 Å². The van der Waals surface area contributed by atoms with Crippen LogP contribution in [0.3, 0.4) is 0 Å². The van der Waals surface area contributed by atoms with Gasteiger partial charge in [-0.2, -0.15) is 5.90 Å². The summed E-state index contributed by atoms with van der Waals surface area (Å²) in [5.41, 5.74) is 0. The van der Waals surface area contributed by atoms with Crippen molar-refractivity contribution in [3.05, 3.63) is 0 Å². The molecular weight excluding hydrogens is 167 g/mol. The molecule has 0 bridgehead atoms. The van der Waals surface area contributed by atoms with Crippen LogP contribution < -0.4 is 11.0 Å². The summed E-state index contributed by atoms with van der Waals surface area (Å²) in [6.45, 7) is 0. The standard InChI is InChI=1S/C2H3NO4.Zn/c3-7-2(6)1(4)5;/h3H2,(H,4,5);/q;+2/p-1. The summed E-state index contributed by atoms with van der Waals surface area (Å²) in [5.74, 6) is 0.591. The Bertz CT molecular complexity index is 102. The molecule has 0 radical (unpaired) electrons. The topological polar surface area (TPSA) is 92.5 Å². The van der Waals surface area contributed by atoms with Crippen LogP contribution in [-0.2, 0) is 33.9 Å². The second kappa shape index (κ2) is 4.68. The van der Waals surface area contributed by atoms with E-state index in [2.05, 4.69) is 10.7 Å². The average molecular weight is 169 g/mol. The first-order valence-electron chi connectivity index (χ1n) is 1.30. The van der Waals surface area contributed by atoms with Crippen molar-refractivity contribution in [2.75, 3.05) is 0 Å². The molecule has 0 aromatic rings. The Morgan fingerprint density at radius 2 is 1.88 bits per heavy atom. The third kappa shape index (κ3) is 3.70. The molecule has 0 spiro atoms. The summed E-state index contributed by atoms with van der Waals surface area (Å²) in [7, 11) is 0. The van der Waals surface area contributed by atoms with Crippen molar-refractivity contribution in [2.45, 2.75) is 0 Å². The number of rotatable bonds is 0. The Hall–Kier alpha value is -0.477. The van der Waals surface area contributed by atoms with E-state index < -0.39 is 11.9 Å². The van der Waals surface area contributed by atoms with Gasteiger partial charge in [-0.3, -0.25) is 0 Å². The molecule has 5 nitrogen and oxygen atoms in total. The zero-order chi connectivity index (χ0) is 5.86. The van der Waals surface area contributed by atoms with Crippen LogP contribution in [0.4, 0.5) is 0 Å². The van der Waals surface area contributed by atoms with Gasteiger partial charge in [-0.25, -0.2) is 4.79 Å². The predicted molar refractivity (Wildman–Crippen MR) is 15.3 cm³/mol. The molecule has 0 amide bonds. The average Bonchev–Trinajstić information content (AvgIpc) is 1.65. The molecule has 40 valence electrons. The number of nitrogens with two attached hydrogens (primary N) is 1. The van der Waals surface area contributed by atoms with E-state index in [0.717, 1.165) is 0 Å². The second-order valence-corrected chi connectivity index (χ2v) is 0.693. The quantitative estimate of drug-likeness (QED) is 0.239. The number of carboxylic acids is 1. The summed E-state index contributed by atoms with van der Waals surface area (Å²) in [6, 6.07) is 0. The van der Waals surface area contributed by atoms with Crippen molar-refractivity contribution >= 4 is 11.9 Å². The van der Waals surface area contributed by atoms with Gasteiger partial charge in [0.1, 0.15) is 0 Å². The van der Waals surface area contributed by atoms with E-state index in [1.807, 2.05) is 0 Å². The summed E-state index contributed by atoms with van der Waals surface area (Å²) >= 11 is 0. The predicted octanol–water partition coefficient (Wildman–Crippen LogP) is -2.85. The fraction of sp³-hybridized carbons (Fsp3) is 0. The van der Waals surface area contributed by atoms with Crippen molar-refractivity contribution in [3.63, 3.8) is 0 Å². The normalized spacial score (nSPS) is 6.62. The molecule has 0 aliphatic carbocycles. The monoisotopic (exact) mass is 168 g/mol. The minimum atomic E-state index is -1.94. The fourth-order valence-electron chi connectivity index (χ4n) is 0.0481. The van der Waals surface area contributed by atoms with Crippen molar-refractivity contribution in [1.82, 2.24) is 0 Å². The van der Waals surface area contributed by atoms with Gasteiger partial charge in [0, 0.05) is 0 Å². The van der Waals surface area contributed by atoms with Gasteiger partial charge in [-0.15, -0.1) is 0 Å². The van der Waals surface area contributed by atoms with Gasteiger partial charge >= 0.3 is 25.4 Å². The molecule has 0 unspecified atom stereocenters. The molecule has 6 heteroatoms. The van der Waals surface area contributed by atoms with Gasteiger partial charge in [0.15, 0.2) is 5.97 Å². The number of carboxylic acid groups (broad SMARTS) is 1. The third-order valence-electron chi connectivity index (χ3n) is 0.274. The zero-order valence-electron chi connectivity index (χ0n) is 3.92. The minimum absolute atomic E-state index is 0. The molecule has 0 atom stereocenters. The molecule has 0 aliphatic rings. The molecule has 8 heavy (non-hydrogen) atoms. The summed E-state index contributed by atoms with van der Waals surface area (Å²) in [5, 5.41) is 9.26. The van der Waals surface area contributed by atoms with Crippen molar-refractivity contribution in [2.24, 2.45) is 5.90 Å². The van der Waals surface area contributed by atoms with Crippen LogP contribution in [0.25, 0.3) is 0 Å². The van der Waals surface area contributed by atoms with Crippen LogP contribution >= 0.6 is 0 Å². The molecule has 0 heterocycles. The Labute approximate surface area is 57.5 Å². The van der Waals surface area contributed by atoms with Gasteiger partial charge in [0.05, 0.1) is 0 Å². The molecule has 0 saturated carbocycles. The van der Waals surface area contributed by atoms with Crippen LogP contribution in [0, 0.1) is 0 Å². The molecule has 2 N–H and O–H groups in total. The van der Waals surface area contributed by atoms with E-state index in [9.17, 15) is 14.7 Å². The first-order valence-corrected chi connectivity index (χ1v) is 1.30. The minimum Gasteiger partial charge on any atom is -0.539 e. The smallest absolute Gasteiger partial charge is 0.539 e. The maximum absolute atomic E-state index is 9.50. The SMILES string of the molecule is NOC(=O)C(=O)[O-].[Zn+2]. The summed E-state index contributed by atoms with van der Waals surface area (Å²) in [6.07, 6.45) is 0. The Balaban J connectivity index is 0. The van der Waals surface area contributed by atoms with Crippen molar-refractivity contribution in [3.8, 4) is 0 Å². The maximum atomic E-state index is 9.50. The van der Waals surface area contributed by atoms with Crippen LogP contribution in [0.5, 0.6) is 0 Å². The Morgan fingerprint density at radius 3 is 1.88 bits per heavy atom.